The number of fused-ring (bicyclic) bond motifs is 5. The van der Waals surface area contributed by atoms with Crippen molar-refractivity contribution >= 4 is 5.78 Å². The van der Waals surface area contributed by atoms with Crippen LogP contribution in [0.15, 0.2) is 24.0 Å². The molecule has 3 saturated carbocycles. The normalized spacial score (nSPS) is 42.3. The molecule has 152 valence electrons. The van der Waals surface area contributed by atoms with E-state index < -0.39 is 0 Å². The zero-order chi connectivity index (χ0) is 19.5. The lowest BCUT2D eigenvalue weighted by molar-refractivity contribution is -0.129. The molecule has 0 radical (unpaired) electrons. The second kappa shape index (κ2) is 6.85. The summed E-state index contributed by atoms with van der Waals surface area (Å²) in [5.41, 5.74) is 3.15. The molecule has 0 aromatic carbocycles. The summed E-state index contributed by atoms with van der Waals surface area (Å²) in [6.07, 6.45) is 16.9. The van der Waals surface area contributed by atoms with Crippen LogP contribution >= 0.6 is 0 Å². The molecule has 5 rings (SSSR count). The first-order chi connectivity index (χ1) is 13.5. The van der Waals surface area contributed by atoms with E-state index in [2.05, 4.69) is 25.0 Å². The topological polar surface area (TPSA) is 34.9 Å². The maximum absolute atomic E-state index is 13.2. The molecule has 1 aromatic heterocycles. The van der Waals surface area contributed by atoms with E-state index in [9.17, 15) is 4.79 Å². The molecule has 1 aromatic rings. The van der Waals surface area contributed by atoms with Crippen molar-refractivity contribution in [2.24, 2.45) is 40.9 Å². The summed E-state index contributed by atoms with van der Waals surface area (Å²) in [5.74, 6) is 4.87. The van der Waals surface area contributed by atoms with Crippen LogP contribution in [0.3, 0.4) is 0 Å². The van der Waals surface area contributed by atoms with E-state index in [4.69, 9.17) is 0 Å². The van der Waals surface area contributed by atoms with Gasteiger partial charge in [-0.15, -0.1) is 0 Å². The van der Waals surface area contributed by atoms with Gasteiger partial charge in [0.25, 0.3) is 0 Å². The van der Waals surface area contributed by atoms with Crippen LogP contribution in [-0.2, 0) is 11.3 Å². The highest BCUT2D eigenvalue weighted by molar-refractivity contribution is 5.82. The minimum atomic E-state index is 0.216. The molecule has 0 N–H and O–H groups in total. The fraction of sp³-hybridized carbons (Fsp3) is 0.760. The summed E-state index contributed by atoms with van der Waals surface area (Å²) >= 11 is 0. The molecule has 3 fully saturated rings. The molecule has 4 aliphatic carbocycles. The van der Waals surface area contributed by atoms with Gasteiger partial charge in [-0.05, 0) is 98.9 Å². The number of hydrogen-bond donors (Lipinski definition) is 0. The number of hydrogen-bond acceptors (Lipinski definition) is 2. The van der Waals surface area contributed by atoms with Crippen molar-refractivity contribution in [3.63, 3.8) is 0 Å². The van der Waals surface area contributed by atoms with Crippen LogP contribution in [0.4, 0.5) is 0 Å². The van der Waals surface area contributed by atoms with Crippen molar-refractivity contribution < 1.29 is 4.79 Å². The Labute approximate surface area is 170 Å². The number of ketones is 1. The zero-order valence-electron chi connectivity index (χ0n) is 17.9. The van der Waals surface area contributed by atoms with E-state index in [0.29, 0.717) is 12.3 Å². The van der Waals surface area contributed by atoms with Gasteiger partial charge in [0.15, 0.2) is 5.78 Å². The van der Waals surface area contributed by atoms with Crippen molar-refractivity contribution in [2.45, 2.75) is 78.7 Å². The Morgan fingerprint density at radius 3 is 2.86 bits per heavy atom. The molecule has 7 atom stereocenters. The average Bonchev–Trinajstić information content (AvgIpc) is 3.23. The van der Waals surface area contributed by atoms with Crippen LogP contribution in [0.25, 0.3) is 0 Å². The van der Waals surface area contributed by atoms with Crippen molar-refractivity contribution in [1.82, 2.24) is 9.78 Å². The van der Waals surface area contributed by atoms with Crippen LogP contribution < -0.4 is 0 Å². The summed E-state index contributed by atoms with van der Waals surface area (Å²) in [6, 6.07) is 0. The van der Waals surface area contributed by atoms with Crippen LogP contribution in [0.5, 0.6) is 0 Å². The molecule has 0 saturated heterocycles. The lowest BCUT2D eigenvalue weighted by atomic mass is 9.51. The molecule has 4 aliphatic rings. The molecule has 1 unspecified atom stereocenters. The first-order valence-electron chi connectivity index (χ1n) is 11.7. The Hall–Kier alpha value is -1.38. The molecule has 0 bridgehead atoms. The molecular formula is C25H36N2O. The first-order valence-corrected chi connectivity index (χ1v) is 11.7. The fourth-order valence-corrected chi connectivity index (χ4v) is 7.82. The third kappa shape index (κ3) is 2.92. The van der Waals surface area contributed by atoms with E-state index in [1.807, 2.05) is 24.0 Å². The third-order valence-corrected chi connectivity index (χ3v) is 9.16. The number of allylic oxidation sites excluding steroid dienone is 2. The molecule has 3 heteroatoms. The van der Waals surface area contributed by atoms with Gasteiger partial charge in [0.2, 0.25) is 0 Å². The zero-order valence-corrected chi connectivity index (χ0v) is 17.9. The van der Waals surface area contributed by atoms with Gasteiger partial charge < -0.3 is 0 Å². The largest absolute Gasteiger partial charge is 0.297 e. The Balaban J connectivity index is 1.34. The predicted molar refractivity (Wildman–Crippen MR) is 112 cm³/mol. The SMILES string of the molecule is Cc1cnn(CC(=O)[C@H]2CC[C@H]3C4CC=C5C[C@@H](C)CC[C@@H]5[C@H]4CC[C@]23C)c1. The Morgan fingerprint density at radius 1 is 1.21 bits per heavy atom. The van der Waals surface area contributed by atoms with Gasteiger partial charge in [-0.1, -0.05) is 25.5 Å². The molecule has 0 spiro atoms. The Morgan fingerprint density at radius 2 is 2.07 bits per heavy atom. The highest BCUT2D eigenvalue weighted by Crippen LogP contribution is 2.63. The van der Waals surface area contributed by atoms with Crippen LogP contribution in [-0.4, -0.2) is 15.6 Å². The number of nitrogens with zero attached hydrogens (tertiary/aromatic N) is 2. The Bertz CT molecular complexity index is 792. The summed E-state index contributed by atoms with van der Waals surface area (Å²) in [7, 11) is 0. The van der Waals surface area contributed by atoms with Gasteiger partial charge in [0, 0.05) is 12.1 Å². The number of aromatic nitrogens is 2. The molecule has 1 heterocycles. The Kier molecular flexibility index (Phi) is 4.56. The minimum Gasteiger partial charge on any atom is -0.297 e. The van der Waals surface area contributed by atoms with Gasteiger partial charge >= 0.3 is 0 Å². The van der Waals surface area contributed by atoms with Gasteiger partial charge in [-0.25, -0.2) is 0 Å². The van der Waals surface area contributed by atoms with Crippen LogP contribution in [0.1, 0.15) is 70.8 Å². The van der Waals surface area contributed by atoms with Gasteiger partial charge in [0.1, 0.15) is 0 Å². The van der Waals surface area contributed by atoms with E-state index in [-0.39, 0.29) is 11.3 Å². The lowest BCUT2D eigenvalue weighted by Crippen LogP contribution is -2.47. The summed E-state index contributed by atoms with van der Waals surface area (Å²) in [6.45, 7) is 7.38. The predicted octanol–water partition coefficient (Wildman–Crippen LogP) is 5.59. The molecule has 0 amide bonds. The number of rotatable bonds is 3. The molecular weight excluding hydrogens is 344 g/mol. The van der Waals surface area contributed by atoms with E-state index in [1.165, 1.54) is 44.9 Å². The maximum atomic E-state index is 13.2. The molecule has 28 heavy (non-hydrogen) atoms. The van der Waals surface area contributed by atoms with Crippen molar-refractivity contribution in [3.8, 4) is 0 Å². The second-order valence-electron chi connectivity index (χ2n) is 10.8. The van der Waals surface area contributed by atoms with Crippen molar-refractivity contribution in [3.05, 3.63) is 29.6 Å². The van der Waals surface area contributed by atoms with Gasteiger partial charge in [0.05, 0.1) is 12.7 Å². The van der Waals surface area contributed by atoms with Crippen LogP contribution in [0, 0.1) is 47.8 Å². The minimum absolute atomic E-state index is 0.216. The number of aryl methyl sites for hydroxylation is 1. The van der Waals surface area contributed by atoms with E-state index in [0.717, 1.165) is 41.6 Å². The summed E-state index contributed by atoms with van der Waals surface area (Å²) in [4.78, 5) is 13.2. The summed E-state index contributed by atoms with van der Waals surface area (Å²) < 4.78 is 1.85. The van der Waals surface area contributed by atoms with Crippen molar-refractivity contribution in [1.29, 1.82) is 0 Å². The lowest BCUT2D eigenvalue weighted by Gasteiger charge is -2.53. The van der Waals surface area contributed by atoms with Gasteiger partial charge in [-0.2, -0.15) is 5.10 Å². The molecule has 3 nitrogen and oxygen atoms in total. The number of carbonyl (C=O) groups excluding carboxylic acids is 1. The smallest absolute Gasteiger partial charge is 0.157 e. The highest BCUT2D eigenvalue weighted by Gasteiger charge is 2.57. The second-order valence-corrected chi connectivity index (χ2v) is 10.8. The summed E-state index contributed by atoms with van der Waals surface area (Å²) in [5, 5.41) is 4.36. The number of carbonyl (C=O) groups is 1. The van der Waals surface area contributed by atoms with Crippen molar-refractivity contribution in [2.75, 3.05) is 0 Å². The van der Waals surface area contributed by atoms with E-state index in [1.54, 1.807) is 5.57 Å². The first kappa shape index (κ1) is 18.6. The maximum Gasteiger partial charge on any atom is 0.157 e. The molecule has 0 aliphatic heterocycles. The highest BCUT2D eigenvalue weighted by atomic mass is 16.1. The van der Waals surface area contributed by atoms with Gasteiger partial charge in [-0.3, -0.25) is 9.48 Å². The third-order valence-electron chi connectivity index (χ3n) is 9.16. The quantitative estimate of drug-likeness (QED) is 0.641. The van der Waals surface area contributed by atoms with Crippen LogP contribution in [0.2, 0.25) is 0 Å². The number of Topliss-reactive ketones (excluding diaryl/α,β-unsaturated/α-hetero) is 1. The average molecular weight is 381 g/mol. The fourth-order valence-electron chi connectivity index (χ4n) is 7.82. The monoisotopic (exact) mass is 380 g/mol. The standard InChI is InChI=1S/C25H36N2O/c1-16-4-6-19-18(12-16)5-7-21-20(19)10-11-25(3)22(21)8-9-23(25)24(28)15-27-14-17(2)13-26-27/h5,13-14,16,19-23H,4,6-12,15H2,1-3H3/t16-,19-,20+,21?,22-,23+,25-/m0/s1. The van der Waals surface area contributed by atoms with E-state index >= 15 is 0 Å².